The summed E-state index contributed by atoms with van der Waals surface area (Å²) in [6, 6.07) is -0.0903. The Morgan fingerprint density at radius 3 is 2.14 bits per heavy atom. The number of amides is 1. The number of ether oxygens (including phenoxy) is 2. The third kappa shape index (κ3) is 7.63. The summed E-state index contributed by atoms with van der Waals surface area (Å²) < 4.78 is 10.8. The van der Waals surface area contributed by atoms with Crippen LogP contribution in [0.1, 0.15) is 104 Å². The molecule has 1 amide bonds. The van der Waals surface area contributed by atoms with Crippen LogP contribution in [-0.4, -0.2) is 42.3 Å². The molecule has 2 fully saturated rings. The highest BCUT2D eigenvalue weighted by Gasteiger charge is 2.46. The summed E-state index contributed by atoms with van der Waals surface area (Å²) in [5, 5.41) is 0. The fourth-order valence-electron chi connectivity index (χ4n) is 4.70. The number of fused-ring (bicyclic) bond motifs is 1. The van der Waals surface area contributed by atoms with Crippen LogP contribution in [0.4, 0.5) is 4.79 Å². The summed E-state index contributed by atoms with van der Waals surface area (Å²) in [5.74, 6) is 0.0914. The van der Waals surface area contributed by atoms with Gasteiger partial charge in [0.25, 0.3) is 0 Å². The molecule has 2 saturated heterocycles. The Labute approximate surface area is 171 Å². The fraction of sp³-hybridized carbons (Fsp3) is 0.913. The number of nitrogens with zero attached hydrogens (tertiary/aromatic N) is 1. The zero-order valence-electron chi connectivity index (χ0n) is 18.1. The number of unbranched alkanes of at least 4 members (excludes halogenated alkanes) is 11. The number of hydrogen-bond acceptors (Lipinski definition) is 4. The first-order chi connectivity index (χ1) is 13.6. The number of carbonyl (C=O) groups is 2. The summed E-state index contributed by atoms with van der Waals surface area (Å²) in [7, 11) is 0. The van der Waals surface area contributed by atoms with Crippen molar-refractivity contribution in [3.8, 4) is 0 Å². The Balaban J connectivity index is 1.55. The molecule has 28 heavy (non-hydrogen) atoms. The van der Waals surface area contributed by atoms with Crippen LogP contribution in [0.15, 0.2) is 0 Å². The molecule has 5 heteroatoms. The standard InChI is InChI=1S/C23H41NO4/c1-3-4-5-6-7-8-9-10-11-12-13-14-15-20-16-17-24-21(18-27-23(24)26)22(20)28-19(2)25/h20-22H,3-18H2,1-2H3/t20-,21-,22+/m0/s1. The van der Waals surface area contributed by atoms with Gasteiger partial charge in [-0.1, -0.05) is 84.0 Å². The van der Waals surface area contributed by atoms with Gasteiger partial charge in [0.2, 0.25) is 0 Å². The third-order valence-corrected chi connectivity index (χ3v) is 6.33. The third-order valence-electron chi connectivity index (χ3n) is 6.33. The molecule has 5 nitrogen and oxygen atoms in total. The summed E-state index contributed by atoms with van der Waals surface area (Å²) in [4.78, 5) is 25.1. The number of piperidine rings is 1. The molecule has 2 rings (SSSR count). The lowest BCUT2D eigenvalue weighted by Gasteiger charge is -2.39. The van der Waals surface area contributed by atoms with Crippen LogP contribution >= 0.6 is 0 Å². The van der Waals surface area contributed by atoms with E-state index in [1.54, 1.807) is 4.90 Å². The molecule has 3 atom stereocenters. The van der Waals surface area contributed by atoms with Gasteiger partial charge < -0.3 is 9.47 Å². The number of esters is 1. The molecule has 2 aliphatic rings. The van der Waals surface area contributed by atoms with Crippen LogP contribution in [0.25, 0.3) is 0 Å². The lowest BCUT2D eigenvalue weighted by atomic mass is 9.84. The largest absolute Gasteiger partial charge is 0.460 e. The van der Waals surface area contributed by atoms with E-state index in [2.05, 4.69) is 6.92 Å². The van der Waals surface area contributed by atoms with Gasteiger partial charge in [-0.15, -0.1) is 0 Å². The Kier molecular flexibility index (Phi) is 10.7. The van der Waals surface area contributed by atoms with Crippen molar-refractivity contribution in [2.45, 2.75) is 116 Å². The van der Waals surface area contributed by atoms with Crippen molar-refractivity contribution in [2.75, 3.05) is 13.2 Å². The Hall–Kier alpha value is -1.26. The molecule has 0 bridgehead atoms. The number of rotatable bonds is 14. The minimum absolute atomic E-state index is 0.0903. The van der Waals surface area contributed by atoms with Crippen LogP contribution < -0.4 is 0 Å². The Morgan fingerprint density at radius 1 is 1.00 bits per heavy atom. The Morgan fingerprint density at radius 2 is 1.57 bits per heavy atom. The van der Waals surface area contributed by atoms with E-state index in [1.807, 2.05) is 0 Å². The van der Waals surface area contributed by atoms with Crippen LogP contribution in [-0.2, 0) is 14.3 Å². The summed E-state index contributed by atoms with van der Waals surface area (Å²) in [6.07, 6.45) is 17.7. The maximum absolute atomic E-state index is 11.8. The summed E-state index contributed by atoms with van der Waals surface area (Å²) in [5.41, 5.74) is 0. The zero-order valence-corrected chi connectivity index (χ0v) is 18.1. The van der Waals surface area contributed by atoms with E-state index < -0.39 is 0 Å². The fourth-order valence-corrected chi connectivity index (χ4v) is 4.70. The molecule has 0 aromatic heterocycles. The molecule has 0 aromatic carbocycles. The molecule has 0 aliphatic carbocycles. The van der Waals surface area contributed by atoms with E-state index >= 15 is 0 Å². The maximum atomic E-state index is 11.8. The predicted molar refractivity (Wildman–Crippen MR) is 111 cm³/mol. The number of cyclic esters (lactones) is 1. The molecule has 162 valence electrons. The predicted octanol–water partition coefficient (Wildman–Crippen LogP) is 5.85. The van der Waals surface area contributed by atoms with Gasteiger partial charge in [0, 0.05) is 13.5 Å². The topological polar surface area (TPSA) is 55.8 Å². The van der Waals surface area contributed by atoms with E-state index in [0.717, 1.165) is 19.4 Å². The highest BCUT2D eigenvalue weighted by atomic mass is 16.6. The highest BCUT2D eigenvalue weighted by molar-refractivity contribution is 5.71. The smallest absolute Gasteiger partial charge is 0.410 e. The van der Waals surface area contributed by atoms with E-state index in [0.29, 0.717) is 12.5 Å². The Bertz CT molecular complexity index is 468. The first kappa shape index (κ1) is 23.0. The van der Waals surface area contributed by atoms with Crippen molar-refractivity contribution in [2.24, 2.45) is 5.92 Å². The normalized spacial score (nSPS) is 24.1. The molecule has 2 aliphatic heterocycles. The van der Waals surface area contributed by atoms with Gasteiger partial charge in [-0.2, -0.15) is 0 Å². The monoisotopic (exact) mass is 395 g/mol. The second kappa shape index (κ2) is 13.1. The van der Waals surface area contributed by atoms with Gasteiger partial charge in [0.15, 0.2) is 0 Å². The van der Waals surface area contributed by atoms with Gasteiger partial charge in [0.05, 0.1) is 0 Å². The molecular formula is C23H41NO4. The lowest BCUT2D eigenvalue weighted by Crippen LogP contribution is -2.52. The van der Waals surface area contributed by atoms with Crippen molar-refractivity contribution in [1.29, 1.82) is 0 Å². The van der Waals surface area contributed by atoms with Gasteiger partial charge in [0.1, 0.15) is 18.8 Å². The van der Waals surface area contributed by atoms with Gasteiger partial charge in [-0.05, 0) is 18.8 Å². The van der Waals surface area contributed by atoms with Crippen molar-refractivity contribution < 1.29 is 19.1 Å². The van der Waals surface area contributed by atoms with Crippen molar-refractivity contribution in [1.82, 2.24) is 4.90 Å². The summed E-state index contributed by atoms with van der Waals surface area (Å²) in [6.45, 7) is 4.80. The SMILES string of the molecule is CCCCCCCCCCCCCC[C@H]1CCN2C(=O)OC[C@H]2[C@@H]1OC(C)=O. The average molecular weight is 396 g/mol. The average Bonchev–Trinajstić information content (AvgIpc) is 3.05. The molecular weight excluding hydrogens is 354 g/mol. The van der Waals surface area contributed by atoms with E-state index in [-0.39, 0.29) is 24.2 Å². The highest BCUT2D eigenvalue weighted by Crippen LogP contribution is 2.33. The summed E-state index contributed by atoms with van der Waals surface area (Å²) >= 11 is 0. The second-order valence-electron chi connectivity index (χ2n) is 8.64. The lowest BCUT2D eigenvalue weighted by molar-refractivity contribution is -0.155. The van der Waals surface area contributed by atoms with Crippen molar-refractivity contribution in [3.05, 3.63) is 0 Å². The first-order valence-electron chi connectivity index (χ1n) is 11.7. The molecule has 0 aromatic rings. The van der Waals surface area contributed by atoms with Gasteiger partial charge in [-0.3, -0.25) is 9.69 Å². The molecule has 0 spiro atoms. The number of carbonyl (C=O) groups excluding carboxylic acids is 2. The van der Waals surface area contributed by atoms with Crippen molar-refractivity contribution >= 4 is 12.1 Å². The molecule has 0 saturated carbocycles. The van der Waals surface area contributed by atoms with E-state index in [4.69, 9.17) is 9.47 Å². The minimum atomic E-state index is -0.258. The quantitative estimate of drug-likeness (QED) is 0.273. The van der Waals surface area contributed by atoms with E-state index in [1.165, 1.54) is 84.0 Å². The van der Waals surface area contributed by atoms with Crippen LogP contribution in [0.5, 0.6) is 0 Å². The zero-order chi connectivity index (χ0) is 20.2. The van der Waals surface area contributed by atoms with E-state index in [9.17, 15) is 9.59 Å². The van der Waals surface area contributed by atoms with Gasteiger partial charge >= 0.3 is 12.1 Å². The minimum Gasteiger partial charge on any atom is -0.460 e. The number of hydrogen-bond donors (Lipinski definition) is 0. The molecule has 0 unspecified atom stereocenters. The van der Waals surface area contributed by atoms with Crippen molar-refractivity contribution in [3.63, 3.8) is 0 Å². The first-order valence-corrected chi connectivity index (χ1v) is 11.7. The van der Waals surface area contributed by atoms with Crippen LogP contribution in [0.2, 0.25) is 0 Å². The van der Waals surface area contributed by atoms with Gasteiger partial charge in [-0.25, -0.2) is 4.79 Å². The second-order valence-corrected chi connectivity index (χ2v) is 8.64. The van der Waals surface area contributed by atoms with Crippen LogP contribution in [0.3, 0.4) is 0 Å². The molecule has 0 N–H and O–H groups in total. The molecule has 0 radical (unpaired) electrons. The van der Waals surface area contributed by atoms with Crippen LogP contribution in [0, 0.1) is 5.92 Å². The maximum Gasteiger partial charge on any atom is 0.410 e. The molecule has 2 heterocycles.